The van der Waals surface area contributed by atoms with Crippen LogP contribution in [0.25, 0.3) is 0 Å². The predicted octanol–water partition coefficient (Wildman–Crippen LogP) is 3.56. The van der Waals surface area contributed by atoms with Crippen LogP contribution in [0.2, 0.25) is 0 Å². The van der Waals surface area contributed by atoms with Crippen molar-refractivity contribution in [1.82, 2.24) is 5.32 Å². The number of rotatable bonds is 3. The summed E-state index contributed by atoms with van der Waals surface area (Å²) < 4.78 is 115. The fraction of sp³-hybridized carbons (Fsp3) is 0.333. The molecular weight excluding hydrogens is 377 g/mol. The zero-order valence-electron chi connectivity index (χ0n) is 11.5. The molecule has 25 heavy (non-hydrogen) atoms. The number of hydrogen-bond acceptors (Lipinski definition) is 2. The molecule has 0 spiro atoms. The molecule has 2 N–H and O–H groups in total. The van der Waals surface area contributed by atoms with Crippen LogP contribution in [-0.4, -0.2) is 23.5 Å². The number of halogens is 9. The molecule has 1 aromatic carbocycles. The van der Waals surface area contributed by atoms with Crippen molar-refractivity contribution in [3.8, 4) is 0 Å². The third-order valence-corrected chi connectivity index (χ3v) is 2.69. The van der Waals surface area contributed by atoms with Gasteiger partial charge in [-0.3, -0.25) is 9.59 Å². The Morgan fingerprint density at radius 3 is 1.52 bits per heavy atom. The van der Waals surface area contributed by atoms with Crippen LogP contribution >= 0.6 is 0 Å². The van der Waals surface area contributed by atoms with Crippen LogP contribution in [0.1, 0.15) is 27.0 Å². The molecule has 140 valence electrons. The molecule has 1 amide bonds. The number of carboxylic acids is 1. The van der Waals surface area contributed by atoms with Gasteiger partial charge in [-0.1, -0.05) is 0 Å². The van der Waals surface area contributed by atoms with E-state index in [0.717, 1.165) is 0 Å². The number of carbonyl (C=O) groups excluding carboxylic acids is 1. The maximum absolute atomic E-state index is 12.8. The van der Waals surface area contributed by atoms with E-state index in [2.05, 4.69) is 0 Å². The number of nitrogens with one attached hydrogen (secondary N) is 1. The second-order valence-electron chi connectivity index (χ2n) is 4.52. The summed E-state index contributed by atoms with van der Waals surface area (Å²) in [5.74, 6) is -3.39. The molecule has 0 saturated heterocycles. The number of carbonyl (C=O) groups is 2. The van der Waals surface area contributed by atoms with Gasteiger partial charge in [0.1, 0.15) is 6.54 Å². The molecule has 0 aliphatic heterocycles. The maximum atomic E-state index is 12.8. The Labute approximate surface area is 132 Å². The SMILES string of the molecule is O=C(O)CNC(=O)c1cc(C(F)(F)F)c(C(F)(F)F)c(C(F)(F)F)c1. The van der Waals surface area contributed by atoms with Crippen molar-refractivity contribution in [3.05, 3.63) is 34.4 Å². The van der Waals surface area contributed by atoms with Crippen LogP contribution in [0.4, 0.5) is 39.5 Å². The van der Waals surface area contributed by atoms with E-state index in [1.54, 1.807) is 0 Å². The van der Waals surface area contributed by atoms with Crippen molar-refractivity contribution in [2.45, 2.75) is 18.5 Å². The molecule has 0 saturated carbocycles. The summed E-state index contributed by atoms with van der Waals surface area (Å²) in [5, 5.41) is 9.76. The zero-order chi connectivity index (χ0) is 19.8. The molecule has 1 aromatic rings. The summed E-state index contributed by atoms with van der Waals surface area (Å²) in [5.41, 5.74) is -9.83. The first kappa shape index (κ1) is 20.6. The number of alkyl halides is 9. The minimum atomic E-state index is -6.01. The molecule has 0 fully saturated rings. The van der Waals surface area contributed by atoms with Crippen molar-refractivity contribution in [1.29, 1.82) is 0 Å². The zero-order valence-corrected chi connectivity index (χ0v) is 11.5. The summed E-state index contributed by atoms with van der Waals surface area (Å²) in [7, 11) is 0. The highest BCUT2D eigenvalue weighted by molar-refractivity contribution is 5.96. The molecular formula is C12H6F9NO3. The molecule has 0 heterocycles. The van der Waals surface area contributed by atoms with Crippen LogP contribution in [0.5, 0.6) is 0 Å². The Morgan fingerprint density at radius 1 is 0.840 bits per heavy atom. The lowest BCUT2D eigenvalue weighted by Crippen LogP contribution is -2.31. The van der Waals surface area contributed by atoms with Gasteiger partial charge >= 0.3 is 24.5 Å². The molecule has 0 radical (unpaired) electrons. The van der Waals surface area contributed by atoms with Crippen molar-refractivity contribution in [2.75, 3.05) is 6.54 Å². The maximum Gasteiger partial charge on any atom is 0.417 e. The van der Waals surface area contributed by atoms with Gasteiger partial charge in [-0.05, 0) is 12.1 Å². The smallest absolute Gasteiger partial charge is 0.417 e. The second-order valence-corrected chi connectivity index (χ2v) is 4.52. The molecule has 0 bridgehead atoms. The summed E-state index contributed by atoms with van der Waals surface area (Å²) in [4.78, 5) is 21.7. The summed E-state index contributed by atoms with van der Waals surface area (Å²) in [6, 6.07) is -0.843. The standard InChI is InChI=1S/C12H6F9NO3/c13-10(14,15)5-1-4(9(25)22-3-7(23)24)2-6(11(16,17)18)8(5)12(19,20)21/h1-2H,3H2,(H,22,25)(H,23,24). The Morgan fingerprint density at radius 2 is 1.24 bits per heavy atom. The number of aliphatic carboxylic acids is 1. The summed E-state index contributed by atoms with van der Waals surface area (Å²) >= 11 is 0. The van der Waals surface area contributed by atoms with Crippen molar-refractivity contribution in [2.24, 2.45) is 0 Å². The third-order valence-electron chi connectivity index (χ3n) is 2.69. The topological polar surface area (TPSA) is 66.4 Å². The monoisotopic (exact) mass is 383 g/mol. The van der Waals surface area contributed by atoms with Gasteiger partial charge in [0.15, 0.2) is 0 Å². The molecule has 0 unspecified atom stereocenters. The van der Waals surface area contributed by atoms with E-state index in [0.29, 0.717) is 0 Å². The highest BCUT2D eigenvalue weighted by Crippen LogP contribution is 2.47. The van der Waals surface area contributed by atoms with Crippen LogP contribution in [0, 0.1) is 0 Å². The van der Waals surface area contributed by atoms with Gasteiger partial charge < -0.3 is 10.4 Å². The number of carboxylic acid groups (broad SMARTS) is 1. The lowest BCUT2D eigenvalue weighted by atomic mass is 9.95. The Bertz CT molecular complexity index is 654. The number of hydrogen-bond donors (Lipinski definition) is 2. The van der Waals surface area contributed by atoms with Crippen molar-refractivity contribution < 1.29 is 54.2 Å². The first-order chi connectivity index (χ1) is 11.0. The van der Waals surface area contributed by atoms with E-state index in [1.807, 2.05) is 0 Å². The van der Waals surface area contributed by atoms with Crippen LogP contribution in [-0.2, 0) is 23.3 Å². The average molecular weight is 383 g/mol. The largest absolute Gasteiger partial charge is 0.480 e. The quantitative estimate of drug-likeness (QED) is 0.785. The van der Waals surface area contributed by atoms with E-state index >= 15 is 0 Å². The third kappa shape index (κ3) is 5.00. The van der Waals surface area contributed by atoms with Gasteiger partial charge in [-0.25, -0.2) is 0 Å². The first-order valence-electron chi connectivity index (χ1n) is 5.94. The van der Waals surface area contributed by atoms with Crippen LogP contribution in [0.15, 0.2) is 12.1 Å². The number of benzene rings is 1. The molecule has 0 aliphatic rings. The predicted molar refractivity (Wildman–Crippen MR) is 61.4 cm³/mol. The highest BCUT2D eigenvalue weighted by Gasteiger charge is 2.50. The van der Waals surface area contributed by atoms with Crippen LogP contribution in [0.3, 0.4) is 0 Å². The van der Waals surface area contributed by atoms with E-state index in [-0.39, 0.29) is 0 Å². The lowest BCUT2D eigenvalue weighted by molar-refractivity contribution is -0.174. The Balaban J connectivity index is 3.71. The summed E-state index contributed by atoms with van der Waals surface area (Å²) in [6.07, 6.45) is -17.7. The van der Waals surface area contributed by atoms with E-state index in [1.165, 1.54) is 5.32 Å². The van der Waals surface area contributed by atoms with E-state index in [9.17, 15) is 49.1 Å². The van der Waals surface area contributed by atoms with E-state index in [4.69, 9.17) is 5.11 Å². The van der Waals surface area contributed by atoms with E-state index < -0.39 is 71.3 Å². The van der Waals surface area contributed by atoms with Gasteiger partial charge in [-0.2, -0.15) is 39.5 Å². The van der Waals surface area contributed by atoms with Gasteiger partial charge in [0, 0.05) is 5.56 Å². The molecule has 4 nitrogen and oxygen atoms in total. The Kier molecular flexibility index (Phi) is 5.30. The minimum Gasteiger partial charge on any atom is -0.480 e. The highest BCUT2D eigenvalue weighted by atomic mass is 19.4. The lowest BCUT2D eigenvalue weighted by Gasteiger charge is -2.21. The minimum absolute atomic E-state index is 0.421. The van der Waals surface area contributed by atoms with Crippen molar-refractivity contribution >= 4 is 11.9 Å². The molecule has 0 aliphatic carbocycles. The molecule has 1 rings (SSSR count). The van der Waals surface area contributed by atoms with Gasteiger partial charge in [-0.15, -0.1) is 0 Å². The average Bonchev–Trinajstić information content (AvgIpc) is 2.40. The van der Waals surface area contributed by atoms with Gasteiger partial charge in [0.05, 0.1) is 16.7 Å². The second kappa shape index (κ2) is 6.44. The summed E-state index contributed by atoms with van der Waals surface area (Å²) in [6.45, 7) is -1.16. The van der Waals surface area contributed by atoms with Crippen LogP contribution < -0.4 is 5.32 Å². The molecule has 0 aromatic heterocycles. The Hall–Kier alpha value is -2.47. The normalized spacial score (nSPS) is 12.8. The molecule has 13 heteroatoms. The fourth-order valence-corrected chi connectivity index (χ4v) is 1.78. The van der Waals surface area contributed by atoms with Gasteiger partial charge in [0.25, 0.3) is 5.91 Å². The first-order valence-corrected chi connectivity index (χ1v) is 5.94. The fourth-order valence-electron chi connectivity index (χ4n) is 1.78. The van der Waals surface area contributed by atoms with Crippen molar-refractivity contribution in [3.63, 3.8) is 0 Å². The van der Waals surface area contributed by atoms with Gasteiger partial charge in [0.2, 0.25) is 0 Å². The molecule has 0 atom stereocenters. The number of amides is 1.